The number of phosphoric acid groups is 1. The minimum Gasteiger partial charge on any atom is -0.387 e. The number of thioether (sulfide) groups is 1. The van der Waals surface area contributed by atoms with E-state index < -0.39 is 19.5 Å². The van der Waals surface area contributed by atoms with E-state index in [2.05, 4.69) is 42.6 Å². The summed E-state index contributed by atoms with van der Waals surface area (Å²) in [6.07, 6.45) is 22.1. The first-order valence-corrected chi connectivity index (χ1v) is 20.7. The van der Waals surface area contributed by atoms with Gasteiger partial charge >= 0.3 is 37.4 Å². The summed E-state index contributed by atoms with van der Waals surface area (Å²) in [6.45, 7) is 10.6. The van der Waals surface area contributed by atoms with E-state index in [1.807, 2.05) is 11.8 Å². The number of ether oxygens (including phenoxy) is 2. The molecule has 2 aromatic heterocycles. The maximum absolute atomic E-state index is 12.4. The molecule has 0 radical (unpaired) electrons. The normalized spacial score (nSPS) is 14.8. The molecule has 2 heterocycles. The van der Waals surface area contributed by atoms with Gasteiger partial charge in [-0.2, -0.15) is 16.7 Å². The number of hydrogen-bond donors (Lipinski definition) is 3. The molecule has 0 fully saturated rings. The monoisotopic (exact) mass is 739 g/mol. The zero-order chi connectivity index (χ0) is 35.0. The minimum absolute atomic E-state index is 0. The molecular formula is C34H63N5NaO7PS. The van der Waals surface area contributed by atoms with Crippen LogP contribution in [0.4, 0.5) is 5.95 Å². The Hall–Kier alpha value is -0.470. The van der Waals surface area contributed by atoms with Crippen LogP contribution >= 0.6 is 19.6 Å². The van der Waals surface area contributed by atoms with Crippen LogP contribution < -0.4 is 40.9 Å². The molecule has 0 bridgehead atoms. The Morgan fingerprint density at radius 1 is 0.939 bits per heavy atom. The second-order valence-corrected chi connectivity index (χ2v) is 15.4. The van der Waals surface area contributed by atoms with E-state index in [0.717, 1.165) is 6.42 Å². The minimum atomic E-state index is -4.30. The average molecular weight is 740 g/mol. The van der Waals surface area contributed by atoms with E-state index in [-0.39, 0.29) is 72.7 Å². The van der Waals surface area contributed by atoms with Crippen molar-refractivity contribution in [3.63, 3.8) is 0 Å². The van der Waals surface area contributed by atoms with E-state index in [9.17, 15) is 14.3 Å². The maximum atomic E-state index is 12.4. The number of nitrogens with one attached hydrogen (secondary N) is 1. The van der Waals surface area contributed by atoms with Crippen molar-refractivity contribution in [2.75, 3.05) is 31.3 Å². The predicted molar refractivity (Wildman–Crippen MR) is 196 cm³/mol. The fraction of sp³-hybridized carbons (Fsp3) is 0.824. The largest absolute Gasteiger partial charge is 1.00 e. The number of nitrogens with zero attached hydrogens (tertiary/aromatic N) is 3. The van der Waals surface area contributed by atoms with E-state index in [1.54, 1.807) is 0 Å². The van der Waals surface area contributed by atoms with Crippen LogP contribution in [0.3, 0.4) is 0 Å². The van der Waals surface area contributed by atoms with Gasteiger partial charge in [0, 0.05) is 11.9 Å². The summed E-state index contributed by atoms with van der Waals surface area (Å²) in [4.78, 5) is 32.5. The van der Waals surface area contributed by atoms with Gasteiger partial charge in [0.1, 0.15) is 6.73 Å². The van der Waals surface area contributed by atoms with Gasteiger partial charge in [0.05, 0.1) is 25.6 Å². The number of unbranched alkanes of at least 4 members (excludes halogenated alkanes) is 13. The van der Waals surface area contributed by atoms with Gasteiger partial charge < -0.3 is 27.0 Å². The maximum Gasteiger partial charge on any atom is 1.00 e. The molecule has 4 atom stereocenters. The summed E-state index contributed by atoms with van der Waals surface area (Å²) >= 11 is 2.04. The molecule has 278 valence electrons. The molecule has 0 amide bonds. The fourth-order valence-corrected chi connectivity index (χ4v) is 7.50. The summed E-state index contributed by atoms with van der Waals surface area (Å²) in [5, 5.41) is 0.446. The molecule has 0 aliphatic heterocycles. The predicted octanol–water partition coefficient (Wildman–Crippen LogP) is 5.19. The number of nitrogen functional groups attached to an aromatic ring is 1. The van der Waals surface area contributed by atoms with E-state index in [4.69, 9.17) is 24.3 Å². The molecule has 4 unspecified atom stereocenters. The molecule has 0 spiro atoms. The smallest absolute Gasteiger partial charge is 0.387 e. The van der Waals surface area contributed by atoms with Crippen LogP contribution in [0.1, 0.15) is 130 Å². The van der Waals surface area contributed by atoms with E-state index in [1.165, 1.54) is 113 Å². The summed E-state index contributed by atoms with van der Waals surface area (Å²) in [5.74, 6) is 1.12. The van der Waals surface area contributed by atoms with Gasteiger partial charge in [0.25, 0.3) is 5.56 Å². The summed E-state index contributed by atoms with van der Waals surface area (Å²) in [5.41, 5.74) is 5.53. The molecule has 0 aliphatic carbocycles. The van der Waals surface area contributed by atoms with Gasteiger partial charge in [-0.3, -0.25) is 23.4 Å². The van der Waals surface area contributed by atoms with Gasteiger partial charge in [-0.25, -0.2) is 9.55 Å². The van der Waals surface area contributed by atoms with Crippen LogP contribution in [0, 0.1) is 6.92 Å². The van der Waals surface area contributed by atoms with Gasteiger partial charge in [0.15, 0.2) is 11.2 Å². The molecule has 0 aliphatic rings. The number of rotatable bonds is 31. The number of aromatic amines is 1. The molecule has 15 heteroatoms. The molecule has 0 aromatic carbocycles. The number of H-pyrrole nitrogens is 1. The van der Waals surface area contributed by atoms with Crippen molar-refractivity contribution < 1.29 is 57.5 Å². The Morgan fingerprint density at radius 2 is 1.55 bits per heavy atom. The topological polar surface area (TPSA) is 164 Å². The van der Waals surface area contributed by atoms with E-state index >= 15 is 0 Å². The van der Waals surface area contributed by atoms with Crippen molar-refractivity contribution in [3.05, 3.63) is 23.6 Å². The van der Waals surface area contributed by atoms with Crippen molar-refractivity contribution >= 4 is 36.7 Å². The third-order valence-electron chi connectivity index (χ3n) is 8.24. The molecule has 2 rings (SSSR count). The summed E-state index contributed by atoms with van der Waals surface area (Å²) in [6, 6.07) is 0. The quantitative estimate of drug-likeness (QED) is 0.0404. The SMILES string of the molecule is [CH2-]C(COP(=O)(O)OCCCOC(C)C(CCCCCCC)SCCCCCCCCCCCC)OCn1cnc2c(=O)[nH]c(N)nc21.[Na+]. The number of hydrogen-bond acceptors (Lipinski definition) is 10. The third-order valence-corrected chi connectivity index (χ3v) is 10.8. The Labute approximate surface area is 321 Å². The van der Waals surface area contributed by atoms with Crippen LogP contribution in [0.15, 0.2) is 11.1 Å². The van der Waals surface area contributed by atoms with Crippen LogP contribution in [-0.4, -0.2) is 67.4 Å². The Kier molecular flexibility index (Phi) is 26.7. The molecule has 12 nitrogen and oxygen atoms in total. The van der Waals surface area contributed by atoms with Crippen LogP contribution in [-0.2, 0) is 29.8 Å². The van der Waals surface area contributed by atoms with Crippen molar-refractivity contribution in [2.24, 2.45) is 0 Å². The molecule has 2 aromatic rings. The Bertz CT molecular complexity index is 1220. The fourth-order valence-electron chi connectivity index (χ4n) is 5.36. The number of aromatic nitrogens is 4. The second kappa shape index (κ2) is 28.1. The zero-order valence-electron chi connectivity index (χ0n) is 30.7. The van der Waals surface area contributed by atoms with Crippen molar-refractivity contribution in [1.29, 1.82) is 0 Å². The first-order chi connectivity index (χ1) is 23.2. The standard InChI is InChI=1S/C34H63N5O7PS.Na/c1-5-7-9-11-12-13-14-15-17-19-24-48-30(21-18-16-10-8-6-2)29(4)43-22-20-23-45-47(41,42)46-25-28(3)44-27-39-26-36-31-32(39)37-34(35)38-33(31)40;/h26,28-30H,3,5-25,27H2,1-2,4H3,(H,41,42)(H3,35,37,38,40);/q-1;+1. The average Bonchev–Trinajstić information content (AvgIpc) is 3.47. The van der Waals surface area contributed by atoms with Gasteiger partial charge in [-0.05, 0) is 38.0 Å². The molecule has 0 saturated heterocycles. The number of nitrogens with two attached hydrogens (primary N) is 1. The Morgan fingerprint density at radius 3 is 2.20 bits per heavy atom. The first-order valence-electron chi connectivity index (χ1n) is 18.2. The van der Waals surface area contributed by atoms with Crippen LogP contribution in [0.2, 0.25) is 0 Å². The number of fused-ring (bicyclic) bond motifs is 1. The zero-order valence-corrected chi connectivity index (χ0v) is 34.5. The van der Waals surface area contributed by atoms with E-state index in [0.29, 0.717) is 18.3 Å². The van der Waals surface area contributed by atoms with Gasteiger partial charge in [-0.1, -0.05) is 104 Å². The molecular weight excluding hydrogens is 676 g/mol. The molecule has 4 N–H and O–H groups in total. The van der Waals surface area contributed by atoms with Crippen molar-refractivity contribution in [1.82, 2.24) is 19.5 Å². The van der Waals surface area contributed by atoms with Gasteiger partial charge in [-0.15, -0.1) is 0 Å². The van der Waals surface area contributed by atoms with Crippen LogP contribution in [0.25, 0.3) is 11.2 Å². The summed E-state index contributed by atoms with van der Waals surface area (Å²) in [7, 11) is -4.30. The van der Waals surface area contributed by atoms with Gasteiger partial charge in [0.2, 0.25) is 5.95 Å². The van der Waals surface area contributed by atoms with Crippen molar-refractivity contribution in [2.45, 2.75) is 154 Å². The van der Waals surface area contributed by atoms with Crippen molar-refractivity contribution in [3.8, 4) is 0 Å². The van der Waals surface area contributed by atoms with Crippen LogP contribution in [0.5, 0.6) is 0 Å². The number of phosphoric ester groups is 1. The third kappa shape index (κ3) is 21.0. The first kappa shape index (κ1) is 46.6. The number of imidazole rings is 1. The molecule has 49 heavy (non-hydrogen) atoms. The Balaban J connectivity index is 0.0000120. The molecule has 0 saturated carbocycles. The number of anilines is 1. The second-order valence-electron chi connectivity index (χ2n) is 12.6. The summed E-state index contributed by atoms with van der Waals surface area (Å²) < 4.78 is 35.8.